The van der Waals surface area contributed by atoms with Crippen LogP contribution in [0.15, 0.2) is 58.1 Å². The summed E-state index contributed by atoms with van der Waals surface area (Å²) in [4.78, 5) is 37.8. The molecule has 0 saturated carbocycles. The summed E-state index contributed by atoms with van der Waals surface area (Å²) >= 11 is 6.10. The molecule has 0 radical (unpaired) electrons. The molecule has 0 unspecified atom stereocenters. The number of hydrogen-bond acceptors (Lipinski definition) is 3. The molecule has 27 heavy (non-hydrogen) atoms. The van der Waals surface area contributed by atoms with E-state index in [-0.39, 0.29) is 24.6 Å². The van der Waals surface area contributed by atoms with Crippen LogP contribution in [0.5, 0.6) is 0 Å². The van der Waals surface area contributed by atoms with Crippen molar-refractivity contribution in [3.63, 3.8) is 0 Å². The Morgan fingerprint density at radius 3 is 2.48 bits per heavy atom. The third-order valence-electron chi connectivity index (χ3n) is 4.31. The number of fused-ring (bicyclic) bond motifs is 1. The normalized spacial score (nSPS) is 10.9. The second kappa shape index (κ2) is 8.22. The molecule has 3 rings (SSSR count). The summed E-state index contributed by atoms with van der Waals surface area (Å²) in [5.74, 6) is -0.330. The minimum Gasteiger partial charge on any atom is -0.350 e. The monoisotopic (exact) mass is 385 g/mol. The molecule has 1 amide bonds. The highest BCUT2D eigenvalue weighted by molar-refractivity contribution is 6.31. The standard InChI is InChI=1S/C20H20ClN3O3/c1-2-11-23-19(26)15-8-4-6-10-17(15)24(20(23)27)13-18(25)22-12-14-7-3-5-9-16(14)21/h3-10H,2,11-13H2,1H3,(H,22,25). The third kappa shape index (κ3) is 3.95. The quantitative estimate of drug-likeness (QED) is 0.708. The maximum absolute atomic E-state index is 12.8. The maximum Gasteiger partial charge on any atom is 0.331 e. The topological polar surface area (TPSA) is 73.1 Å². The number of carbonyl (C=O) groups excluding carboxylic acids is 1. The highest BCUT2D eigenvalue weighted by Crippen LogP contribution is 2.14. The molecule has 6 nitrogen and oxygen atoms in total. The van der Waals surface area contributed by atoms with Crippen molar-refractivity contribution in [3.8, 4) is 0 Å². The second-order valence-corrected chi connectivity index (χ2v) is 6.62. The highest BCUT2D eigenvalue weighted by Gasteiger charge is 2.14. The Kier molecular flexibility index (Phi) is 5.76. The Morgan fingerprint density at radius 2 is 1.74 bits per heavy atom. The number of halogens is 1. The summed E-state index contributed by atoms with van der Waals surface area (Å²) in [6, 6.07) is 14.1. The third-order valence-corrected chi connectivity index (χ3v) is 4.68. The fourth-order valence-corrected chi connectivity index (χ4v) is 3.18. The minimum atomic E-state index is -0.478. The van der Waals surface area contributed by atoms with Crippen molar-refractivity contribution in [1.29, 1.82) is 0 Å². The van der Waals surface area contributed by atoms with Crippen LogP contribution in [0, 0.1) is 0 Å². The molecule has 0 spiro atoms. The fraction of sp³-hybridized carbons (Fsp3) is 0.250. The van der Waals surface area contributed by atoms with Crippen molar-refractivity contribution in [2.75, 3.05) is 0 Å². The molecular weight excluding hydrogens is 366 g/mol. The molecule has 0 aliphatic heterocycles. The molecule has 0 atom stereocenters. The van der Waals surface area contributed by atoms with Gasteiger partial charge in [-0.15, -0.1) is 0 Å². The molecule has 140 valence electrons. The van der Waals surface area contributed by atoms with Crippen molar-refractivity contribution < 1.29 is 4.79 Å². The van der Waals surface area contributed by atoms with Crippen molar-refractivity contribution in [3.05, 3.63) is 80.0 Å². The molecule has 7 heteroatoms. The molecule has 2 aromatic carbocycles. The van der Waals surface area contributed by atoms with Crippen LogP contribution in [-0.2, 0) is 24.4 Å². The molecule has 1 N–H and O–H groups in total. The van der Waals surface area contributed by atoms with Crippen LogP contribution in [0.4, 0.5) is 0 Å². The zero-order valence-corrected chi connectivity index (χ0v) is 15.7. The first-order chi connectivity index (χ1) is 13.0. The van der Waals surface area contributed by atoms with E-state index in [0.717, 1.165) is 5.56 Å². The average molecular weight is 386 g/mol. The number of nitrogens with zero attached hydrogens (tertiary/aromatic N) is 2. The smallest absolute Gasteiger partial charge is 0.331 e. The lowest BCUT2D eigenvalue weighted by molar-refractivity contribution is -0.121. The minimum absolute atomic E-state index is 0.173. The van der Waals surface area contributed by atoms with Crippen LogP contribution >= 0.6 is 11.6 Å². The number of aromatic nitrogens is 2. The average Bonchev–Trinajstić information content (AvgIpc) is 2.68. The van der Waals surface area contributed by atoms with E-state index in [2.05, 4.69) is 5.32 Å². The van der Waals surface area contributed by atoms with Crippen LogP contribution in [0.2, 0.25) is 5.02 Å². The predicted molar refractivity (Wildman–Crippen MR) is 106 cm³/mol. The molecule has 1 aromatic heterocycles. The first kappa shape index (κ1) is 18.9. The molecule has 0 aliphatic carbocycles. The van der Waals surface area contributed by atoms with E-state index in [4.69, 9.17) is 11.6 Å². The lowest BCUT2D eigenvalue weighted by Crippen LogP contribution is -2.42. The lowest BCUT2D eigenvalue weighted by atomic mass is 10.2. The van der Waals surface area contributed by atoms with Crippen molar-refractivity contribution >= 4 is 28.4 Å². The van der Waals surface area contributed by atoms with Gasteiger partial charge in [-0.3, -0.25) is 18.7 Å². The Hall–Kier alpha value is -2.86. The number of nitrogens with one attached hydrogen (secondary N) is 1. The van der Waals surface area contributed by atoms with Gasteiger partial charge in [0.15, 0.2) is 0 Å². The first-order valence-electron chi connectivity index (χ1n) is 8.75. The van der Waals surface area contributed by atoms with Gasteiger partial charge >= 0.3 is 5.69 Å². The van der Waals surface area contributed by atoms with E-state index in [1.165, 1.54) is 9.13 Å². The second-order valence-electron chi connectivity index (χ2n) is 6.21. The van der Waals surface area contributed by atoms with Gasteiger partial charge in [-0.2, -0.15) is 0 Å². The van der Waals surface area contributed by atoms with Crippen LogP contribution < -0.4 is 16.6 Å². The number of rotatable bonds is 6. The van der Waals surface area contributed by atoms with Gasteiger partial charge in [0.1, 0.15) is 6.54 Å². The Bertz CT molecular complexity index is 1100. The maximum atomic E-state index is 12.8. The van der Waals surface area contributed by atoms with Gasteiger partial charge in [0.25, 0.3) is 5.56 Å². The van der Waals surface area contributed by atoms with Crippen LogP contribution in [-0.4, -0.2) is 15.0 Å². The molecule has 3 aromatic rings. The molecule has 1 heterocycles. The Labute approximate surface area is 161 Å². The summed E-state index contributed by atoms with van der Waals surface area (Å²) in [5.41, 5.74) is 0.437. The van der Waals surface area contributed by atoms with E-state index < -0.39 is 5.69 Å². The van der Waals surface area contributed by atoms with Crippen molar-refractivity contribution in [2.45, 2.75) is 33.0 Å². The summed E-state index contributed by atoms with van der Waals surface area (Å²) in [6.07, 6.45) is 0.645. The number of benzene rings is 2. The summed E-state index contributed by atoms with van der Waals surface area (Å²) in [6.45, 7) is 2.29. The Balaban J connectivity index is 1.92. The van der Waals surface area contributed by atoms with Gasteiger partial charge in [0.05, 0.1) is 10.9 Å². The number of hydrogen-bond donors (Lipinski definition) is 1. The summed E-state index contributed by atoms with van der Waals surface area (Å²) < 4.78 is 2.53. The van der Waals surface area contributed by atoms with E-state index in [9.17, 15) is 14.4 Å². The Morgan fingerprint density at radius 1 is 1.04 bits per heavy atom. The highest BCUT2D eigenvalue weighted by atomic mass is 35.5. The van der Waals surface area contributed by atoms with Gasteiger partial charge < -0.3 is 5.32 Å². The predicted octanol–water partition coefficient (Wildman–Crippen LogP) is 2.54. The van der Waals surface area contributed by atoms with Crippen LogP contribution in [0.1, 0.15) is 18.9 Å². The summed E-state index contributed by atoms with van der Waals surface area (Å²) in [5, 5.41) is 3.76. The SMILES string of the molecule is CCCn1c(=O)c2ccccc2n(CC(=O)NCc2ccccc2Cl)c1=O. The first-order valence-corrected chi connectivity index (χ1v) is 9.13. The van der Waals surface area contributed by atoms with E-state index in [0.29, 0.717) is 28.9 Å². The van der Waals surface area contributed by atoms with E-state index in [1.807, 2.05) is 25.1 Å². The molecule has 0 fully saturated rings. The van der Waals surface area contributed by atoms with Gasteiger partial charge in [-0.1, -0.05) is 48.9 Å². The molecule has 0 saturated heterocycles. The number of para-hydroxylation sites is 1. The van der Waals surface area contributed by atoms with Gasteiger partial charge in [0.2, 0.25) is 5.91 Å². The van der Waals surface area contributed by atoms with E-state index in [1.54, 1.807) is 30.3 Å². The lowest BCUT2D eigenvalue weighted by Gasteiger charge is -2.14. The summed E-state index contributed by atoms with van der Waals surface area (Å²) in [7, 11) is 0. The van der Waals surface area contributed by atoms with Crippen LogP contribution in [0.25, 0.3) is 10.9 Å². The van der Waals surface area contributed by atoms with E-state index >= 15 is 0 Å². The zero-order valence-electron chi connectivity index (χ0n) is 14.9. The zero-order chi connectivity index (χ0) is 19.4. The van der Waals surface area contributed by atoms with Crippen LogP contribution in [0.3, 0.4) is 0 Å². The molecule has 0 aliphatic rings. The molecule has 0 bridgehead atoms. The van der Waals surface area contributed by atoms with Crippen molar-refractivity contribution in [2.24, 2.45) is 0 Å². The number of amides is 1. The van der Waals surface area contributed by atoms with Gasteiger partial charge in [-0.25, -0.2) is 4.79 Å². The van der Waals surface area contributed by atoms with Crippen molar-refractivity contribution in [1.82, 2.24) is 14.5 Å². The largest absolute Gasteiger partial charge is 0.350 e. The number of carbonyl (C=O) groups is 1. The van der Waals surface area contributed by atoms with Gasteiger partial charge in [-0.05, 0) is 30.2 Å². The molecular formula is C20H20ClN3O3. The van der Waals surface area contributed by atoms with Gasteiger partial charge in [0, 0.05) is 18.1 Å². The fourth-order valence-electron chi connectivity index (χ4n) is 2.98.